The van der Waals surface area contributed by atoms with E-state index in [9.17, 15) is 5.11 Å². The monoisotopic (exact) mass is 338 g/mol. The lowest BCUT2D eigenvalue weighted by Crippen LogP contribution is -2.21. The highest BCUT2D eigenvalue weighted by molar-refractivity contribution is 9.10. The highest BCUT2D eigenvalue weighted by Crippen LogP contribution is 2.28. The number of aliphatic hydroxyl groups excluding tert-OH is 1. The van der Waals surface area contributed by atoms with Crippen LogP contribution >= 0.6 is 15.9 Å². The summed E-state index contributed by atoms with van der Waals surface area (Å²) in [6, 6.07) is 7.23. The second kappa shape index (κ2) is 6.39. The molecule has 1 unspecified atom stereocenters. The topological polar surface area (TPSA) is 67.3 Å². The number of halogens is 1. The van der Waals surface area contributed by atoms with E-state index in [-0.39, 0.29) is 0 Å². The summed E-state index contributed by atoms with van der Waals surface area (Å²) in [6.45, 7) is 1.58. The number of hydrogen-bond donors (Lipinski definition) is 2. The van der Waals surface area contributed by atoms with Crippen molar-refractivity contribution in [3.63, 3.8) is 0 Å². The van der Waals surface area contributed by atoms with Crippen LogP contribution in [0.1, 0.15) is 17.4 Å². The zero-order valence-electron chi connectivity index (χ0n) is 11.6. The zero-order chi connectivity index (χ0) is 14.7. The van der Waals surface area contributed by atoms with E-state index in [4.69, 9.17) is 5.73 Å². The average molecular weight is 339 g/mol. The first-order chi connectivity index (χ1) is 9.49. The second-order valence-electron chi connectivity index (χ2n) is 4.97. The maximum atomic E-state index is 10.6. The summed E-state index contributed by atoms with van der Waals surface area (Å²) >= 11 is 3.45. The summed E-state index contributed by atoms with van der Waals surface area (Å²) in [5.74, 6) is 0. The molecule has 2 aromatic rings. The van der Waals surface area contributed by atoms with Gasteiger partial charge in [0.2, 0.25) is 0 Å². The van der Waals surface area contributed by atoms with Crippen molar-refractivity contribution in [2.24, 2.45) is 0 Å². The van der Waals surface area contributed by atoms with E-state index in [0.717, 1.165) is 28.8 Å². The molecule has 0 radical (unpaired) electrons. The van der Waals surface area contributed by atoms with Gasteiger partial charge in [-0.25, -0.2) is 0 Å². The molecule has 6 heteroatoms. The van der Waals surface area contributed by atoms with Crippen molar-refractivity contribution in [3.8, 4) is 0 Å². The minimum atomic E-state index is -0.727. The summed E-state index contributed by atoms with van der Waals surface area (Å²) in [4.78, 5) is 2.08. The van der Waals surface area contributed by atoms with Crippen LogP contribution < -0.4 is 5.73 Å². The van der Waals surface area contributed by atoms with Gasteiger partial charge in [0.05, 0.1) is 22.9 Å². The smallest absolute Gasteiger partial charge is 0.122 e. The van der Waals surface area contributed by atoms with Crippen molar-refractivity contribution in [1.82, 2.24) is 14.7 Å². The van der Waals surface area contributed by atoms with Crippen LogP contribution in [0.2, 0.25) is 0 Å². The zero-order valence-corrected chi connectivity index (χ0v) is 13.2. The Morgan fingerprint density at radius 1 is 1.35 bits per heavy atom. The fourth-order valence-corrected chi connectivity index (χ4v) is 2.47. The molecule has 1 aromatic carbocycles. The Hall–Kier alpha value is -1.37. The van der Waals surface area contributed by atoms with Gasteiger partial charge < -0.3 is 15.7 Å². The number of aliphatic hydroxyl groups is 1. The molecule has 3 N–H and O–H groups in total. The van der Waals surface area contributed by atoms with Gasteiger partial charge in [-0.1, -0.05) is 12.1 Å². The lowest BCUT2D eigenvalue weighted by atomic mass is 10.1. The third-order valence-corrected chi connectivity index (χ3v) is 3.71. The first kappa shape index (κ1) is 15.0. The molecule has 0 aliphatic carbocycles. The quantitative estimate of drug-likeness (QED) is 0.816. The Labute approximate surface area is 127 Å². The number of nitrogens with zero attached hydrogens (tertiary/aromatic N) is 3. The molecule has 0 aliphatic rings. The first-order valence-corrected chi connectivity index (χ1v) is 7.17. The van der Waals surface area contributed by atoms with Crippen LogP contribution in [0.4, 0.5) is 5.69 Å². The summed E-state index contributed by atoms with van der Waals surface area (Å²) < 4.78 is 2.63. The number of rotatable bonds is 5. The summed E-state index contributed by atoms with van der Waals surface area (Å²) in [5.41, 5.74) is 7.91. The molecule has 5 nitrogen and oxygen atoms in total. The minimum absolute atomic E-state index is 0.682. The van der Waals surface area contributed by atoms with E-state index in [1.807, 2.05) is 30.9 Å². The second-order valence-corrected chi connectivity index (χ2v) is 5.83. The van der Waals surface area contributed by atoms with Crippen LogP contribution in [-0.4, -0.2) is 40.4 Å². The lowest BCUT2D eigenvalue weighted by Gasteiger charge is -2.16. The number of anilines is 1. The highest BCUT2D eigenvalue weighted by atomic mass is 79.9. The summed E-state index contributed by atoms with van der Waals surface area (Å²) in [5, 5.41) is 14.9. The van der Waals surface area contributed by atoms with Gasteiger partial charge in [-0.3, -0.25) is 4.68 Å². The molecule has 0 saturated carbocycles. The third kappa shape index (κ3) is 3.39. The standard InChI is InChI=1S/C14H19BrN4O/c1-18(2)7-8-19-13(12(15)9-17-19)14(20)10-3-5-11(16)6-4-10/h3-6,9,14,20H,7-8,16H2,1-2H3. The largest absolute Gasteiger partial charge is 0.399 e. The Morgan fingerprint density at radius 3 is 2.60 bits per heavy atom. The van der Waals surface area contributed by atoms with E-state index in [1.54, 1.807) is 18.3 Å². The van der Waals surface area contributed by atoms with Gasteiger partial charge in [-0.2, -0.15) is 5.10 Å². The summed E-state index contributed by atoms with van der Waals surface area (Å²) in [7, 11) is 4.02. The molecule has 0 bridgehead atoms. The van der Waals surface area contributed by atoms with E-state index < -0.39 is 6.10 Å². The number of likely N-dealkylation sites (N-methyl/N-ethyl adjacent to an activating group) is 1. The molecule has 20 heavy (non-hydrogen) atoms. The van der Waals surface area contributed by atoms with Crippen molar-refractivity contribution in [3.05, 3.63) is 46.2 Å². The molecular weight excluding hydrogens is 320 g/mol. The van der Waals surface area contributed by atoms with Crippen molar-refractivity contribution >= 4 is 21.6 Å². The average Bonchev–Trinajstić information content (AvgIpc) is 2.77. The summed E-state index contributed by atoms with van der Waals surface area (Å²) in [6.07, 6.45) is 0.987. The molecule has 1 heterocycles. The molecule has 0 spiro atoms. The van der Waals surface area contributed by atoms with Gasteiger partial charge in [0.15, 0.2) is 0 Å². The van der Waals surface area contributed by atoms with Crippen LogP contribution in [-0.2, 0) is 6.54 Å². The Bertz CT molecular complexity index is 565. The van der Waals surface area contributed by atoms with Crippen molar-refractivity contribution < 1.29 is 5.11 Å². The number of nitrogens with two attached hydrogens (primary N) is 1. The SMILES string of the molecule is CN(C)CCn1ncc(Br)c1C(O)c1ccc(N)cc1. The first-order valence-electron chi connectivity index (χ1n) is 6.38. The highest BCUT2D eigenvalue weighted by Gasteiger charge is 2.19. The molecular formula is C14H19BrN4O. The molecule has 0 saturated heterocycles. The maximum Gasteiger partial charge on any atom is 0.122 e. The van der Waals surface area contributed by atoms with Gasteiger partial charge in [0, 0.05) is 12.2 Å². The molecule has 0 aliphatic heterocycles. The Morgan fingerprint density at radius 2 is 2.00 bits per heavy atom. The predicted molar refractivity (Wildman–Crippen MR) is 83.4 cm³/mol. The van der Waals surface area contributed by atoms with E-state index in [0.29, 0.717) is 5.69 Å². The van der Waals surface area contributed by atoms with Crippen molar-refractivity contribution in [2.75, 3.05) is 26.4 Å². The fourth-order valence-electron chi connectivity index (χ4n) is 1.95. The normalized spacial score (nSPS) is 12.8. The van der Waals surface area contributed by atoms with Crippen molar-refractivity contribution in [1.29, 1.82) is 0 Å². The van der Waals surface area contributed by atoms with Crippen LogP contribution in [0.15, 0.2) is 34.9 Å². The lowest BCUT2D eigenvalue weighted by molar-refractivity contribution is 0.205. The Balaban J connectivity index is 2.26. The number of benzene rings is 1. The Kier molecular flexibility index (Phi) is 4.80. The van der Waals surface area contributed by atoms with Crippen molar-refractivity contribution in [2.45, 2.75) is 12.6 Å². The molecule has 1 aromatic heterocycles. The molecule has 0 amide bonds. The van der Waals surface area contributed by atoms with Gasteiger partial charge in [0.25, 0.3) is 0 Å². The maximum absolute atomic E-state index is 10.6. The van der Waals surface area contributed by atoms with E-state index >= 15 is 0 Å². The fraction of sp³-hybridized carbons (Fsp3) is 0.357. The molecule has 108 valence electrons. The molecule has 0 fully saturated rings. The van der Waals surface area contributed by atoms with Crippen LogP contribution in [0.5, 0.6) is 0 Å². The van der Waals surface area contributed by atoms with Crippen LogP contribution in [0, 0.1) is 0 Å². The molecule has 1 atom stereocenters. The van der Waals surface area contributed by atoms with Gasteiger partial charge in [0.1, 0.15) is 6.10 Å². The van der Waals surface area contributed by atoms with Gasteiger partial charge in [-0.05, 0) is 47.7 Å². The number of hydrogen-bond acceptors (Lipinski definition) is 4. The number of nitrogen functional groups attached to an aromatic ring is 1. The third-order valence-electron chi connectivity index (χ3n) is 3.10. The minimum Gasteiger partial charge on any atom is -0.399 e. The number of aromatic nitrogens is 2. The molecule has 2 rings (SSSR count). The van der Waals surface area contributed by atoms with Crippen LogP contribution in [0.3, 0.4) is 0 Å². The van der Waals surface area contributed by atoms with Gasteiger partial charge in [-0.15, -0.1) is 0 Å². The van der Waals surface area contributed by atoms with E-state index in [1.165, 1.54) is 0 Å². The predicted octanol–water partition coefficient (Wildman–Crippen LogP) is 1.87. The van der Waals surface area contributed by atoms with Crippen LogP contribution in [0.25, 0.3) is 0 Å². The van der Waals surface area contributed by atoms with E-state index in [2.05, 4.69) is 25.9 Å². The van der Waals surface area contributed by atoms with Gasteiger partial charge >= 0.3 is 0 Å².